The molecule has 1 saturated heterocycles. The van der Waals surface area contributed by atoms with E-state index >= 15 is 0 Å². The van der Waals surface area contributed by atoms with Crippen molar-refractivity contribution < 1.29 is 13.5 Å². The van der Waals surface area contributed by atoms with Gasteiger partial charge in [-0.1, -0.05) is 90.5 Å². The number of alkyl halides is 2. The van der Waals surface area contributed by atoms with Gasteiger partial charge in [0.05, 0.1) is 11.1 Å². The smallest absolute Gasteiger partial charge is 0.271 e. The third kappa shape index (κ3) is 7.36. The molecule has 0 spiro atoms. The first-order valence-corrected chi connectivity index (χ1v) is 13.1. The third-order valence-electron chi connectivity index (χ3n) is 6.78. The summed E-state index contributed by atoms with van der Waals surface area (Å²) in [5.74, 6) is -2.85. The Kier molecular flexibility index (Phi) is 9.49. The third-order valence-corrected chi connectivity index (χ3v) is 7.22. The molecule has 0 radical (unpaired) electrons. The summed E-state index contributed by atoms with van der Waals surface area (Å²) in [6, 6.07) is 25.8. The van der Waals surface area contributed by atoms with Gasteiger partial charge in [-0.3, -0.25) is 4.90 Å². The lowest BCUT2D eigenvalue weighted by Crippen LogP contribution is -2.31. The number of rotatable bonds is 12. The van der Waals surface area contributed by atoms with Crippen molar-refractivity contribution in [3.05, 3.63) is 106 Å². The average Bonchev–Trinajstić information content (AvgIpc) is 3.40. The van der Waals surface area contributed by atoms with Crippen molar-refractivity contribution in [3.63, 3.8) is 0 Å². The predicted molar refractivity (Wildman–Crippen MR) is 143 cm³/mol. The minimum atomic E-state index is -2.99. The Morgan fingerprint density at radius 1 is 1.00 bits per heavy atom. The summed E-state index contributed by atoms with van der Waals surface area (Å²) < 4.78 is 34.4. The van der Waals surface area contributed by atoms with Gasteiger partial charge in [-0.05, 0) is 36.1 Å². The molecule has 3 nitrogen and oxygen atoms in total. The lowest BCUT2D eigenvalue weighted by atomic mass is 9.90. The van der Waals surface area contributed by atoms with Gasteiger partial charge in [-0.15, -0.1) is 0 Å². The largest absolute Gasteiger partial charge is 0.377 e. The molecule has 1 atom stereocenters. The average molecular weight is 513 g/mol. The molecule has 1 N–H and O–H groups in total. The van der Waals surface area contributed by atoms with E-state index in [1.165, 1.54) is 17.2 Å². The molecule has 1 heterocycles. The molecule has 3 aromatic rings. The van der Waals surface area contributed by atoms with Crippen molar-refractivity contribution in [1.82, 2.24) is 10.2 Å². The number of nitrogens with one attached hydrogen (secondary N) is 1. The first-order chi connectivity index (χ1) is 17.4. The zero-order chi connectivity index (χ0) is 25.4. The molecular formula is C30H35ClF2N2O. The van der Waals surface area contributed by atoms with Crippen LogP contribution >= 0.6 is 11.6 Å². The Labute approximate surface area is 218 Å². The van der Waals surface area contributed by atoms with E-state index in [4.69, 9.17) is 16.3 Å². The Morgan fingerprint density at radius 3 is 2.25 bits per heavy atom. The van der Waals surface area contributed by atoms with Crippen molar-refractivity contribution in [2.24, 2.45) is 0 Å². The van der Waals surface area contributed by atoms with Gasteiger partial charge in [-0.2, -0.15) is 0 Å². The standard InChI is InChI=1S/C30H35ClF2N2O/c1-30(32,33)28-15-8-14-25(29(28)31)21-35(18-9-19-36-26-16-17-34-20-26)22-27(23-10-4-2-5-11-23)24-12-6-3-7-13-24/h2-8,10-15,26-27,34H,9,16-22H2,1H3/t26-/m0/s1. The van der Waals surface area contributed by atoms with Gasteiger partial charge in [0.1, 0.15) is 0 Å². The van der Waals surface area contributed by atoms with E-state index in [-0.39, 0.29) is 22.6 Å². The minimum absolute atomic E-state index is 0.124. The molecule has 1 fully saturated rings. The lowest BCUT2D eigenvalue weighted by Gasteiger charge is -2.29. The van der Waals surface area contributed by atoms with Crippen LogP contribution in [0.5, 0.6) is 0 Å². The van der Waals surface area contributed by atoms with Gasteiger partial charge in [0.2, 0.25) is 0 Å². The quantitative estimate of drug-likeness (QED) is 0.268. The molecule has 0 bridgehead atoms. The maximum atomic E-state index is 14.2. The topological polar surface area (TPSA) is 24.5 Å². The van der Waals surface area contributed by atoms with Gasteiger partial charge in [0.15, 0.2) is 0 Å². The van der Waals surface area contributed by atoms with Crippen molar-refractivity contribution in [1.29, 1.82) is 0 Å². The molecule has 6 heteroatoms. The van der Waals surface area contributed by atoms with Crippen LogP contribution in [0.15, 0.2) is 78.9 Å². The van der Waals surface area contributed by atoms with Gasteiger partial charge >= 0.3 is 0 Å². The lowest BCUT2D eigenvalue weighted by molar-refractivity contribution is 0.0174. The van der Waals surface area contributed by atoms with Gasteiger partial charge < -0.3 is 10.1 Å². The van der Waals surface area contributed by atoms with Crippen LogP contribution in [-0.2, 0) is 17.2 Å². The maximum Gasteiger partial charge on any atom is 0.271 e. The molecule has 4 rings (SSSR count). The second-order valence-corrected chi connectivity index (χ2v) is 9.99. The zero-order valence-corrected chi connectivity index (χ0v) is 21.6. The van der Waals surface area contributed by atoms with E-state index in [9.17, 15) is 8.78 Å². The van der Waals surface area contributed by atoms with Crippen molar-refractivity contribution in [2.45, 2.75) is 44.3 Å². The van der Waals surface area contributed by atoms with E-state index in [0.29, 0.717) is 13.2 Å². The van der Waals surface area contributed by atoms with Crippen molar-refractivity contribution in [3.8, 4) is 0 Å². The Morgan fingerprint density at radius 2 is 1.67 bits per heavy atom. The first kappa shape index (κ1) is 26.7. The fraction of sp³-hybridized carbons (Fsp3) is 0.400. The van der Waals surface area contributed by atoms with E-state index in [0.717, 1.165) is 51.5 Å². The number of benzene rings is 3. The van der Waals surface area contributed by atoms with E-state index in [2.05, 4.69) is 58.7 Å². The SMILES string of the molecule is CC(F)(F)c1cccc(CN(CCCO[C@H]2CCNC2)CC(c2ccccc2)c2ccccc2)c1Cl. The molecule has 1 aliphatic rings. The highest BCUT2D eigenvalue weighted by Crippen LogP contribution is 2.35. The number of hydrogen-bond donors (Lipinski definition) is 1. The van der Waals surface area contributed by atoms with Crippen LogP contribution in [0.4, 0.5) is 8.78 Å². The Bertz CT molecular complexity index is 1030. The second-order valence-electron chi connectivity index (χ2n) is 9.62. The molecule has 192 valence electrons. The number of hydrogen-bond acceptors (Lipinski definition) is 3. The number of halogens is 3. The maximum absolute atomic E-state index is 14.2. The van der Waals surface area contributed by atoms with Crippen molar-refractivity contribution in [2.75, 3.05) is 32.8 Å². The van der Waals surface area contributed by atoms with E-state index < -0.39 is 5.92 Å². The fourth-order valence-electron chi connectivity index (χ4n) is 4.86. The molecule has 0 saturated carbocycles. The van der Waals surface area contributed by atoms with Gasteiger partial charge in [-0.25, -0.2) is 8.78 Å². The highest BCUT2D eigenvalue weighted by Gasteiger charge is 2.29. The van der Waals surface area contributed by atoms with Crippen LogP contribution in [-0.4, -0.2) is 43.8 Å². The summed E-state index contributed by atoms with van der Waals surface area (Å²) in [5, 5.41) is 3.48. The Balaban J connectivity index is 1.55. The Hall–Kier alpha value is -2.31. The molecule has 1 aliphatic heterocycles. The van der Waals surface area contributed by atoms with Crippen LogP contribution in [0.1, 0.15) is 47.9 Å². The predicted octanol–water partition coefficient (Wildman–Crippen LogP) is 6.85. The van der Waals surface area contributed by atoms with Crippen LogP contribution in [0.2, 0.25) is 5.02 Å². The van der Waals surface area contributed by atoms with E-state index in [1.54, 1.807) is 6.07 Å². The molecule has 3 aromatic carbocycles. The highest BCUT2D eigenvalue weighted by molar-refractivity contribution is 6.32. The van der Waals surface area contributed by atoms with E-state index in [1.807, 2.05) is 18.2 Å². The highest BCUT2D eigenvalue weighted by atomic mass is 35.5. The first-order valence-electron chi connectivity index (χ1n) is 12.7. The monoisotopic (exact) mass is 512 g/mol. The normalized spacial score (nSPS) is 16.2. The molecular weight excluding hydrogens is 478 g/mol. The van der Waals surface area contributed by atoms with Gasteiger partial charge in [0.25, 0.3) is 5.92 Å². The van der Waals surface area contributed by atoms with Crippen LogP contribution in [0, 0.1) is 0 Å². The summed E-state index contributed by atoms with van der Waals surface area (Å²) in [7, 11) is 0. The molecule has 0 aromatic heterocycles. The molecule has 0 aliphatic carbocycles. The summed E-state index contributed by atoms with van der Waals surface area (Å²) in [5.41, 5.74) is 3.04. The number of nitrogens with zero attached hydrogens (tertiary/aromatic N) is 1. The summed E-state index contributed by atoms with van der Waals surface area (Å²) in [6.45, 7) is 5.48. The molecule has 0 amide bonds. The number of ether oxygens (including phenoxy) is 1. The molecule has 36 heavy (non-hydrogen) atoms. The zero-order valence-electron chi connectivity index (χ0n) is 20.8. The summed E-state index contributed by atoms with van der Waals surface area (Å²) in [4.78, 5) is 2.32. The second kappa shape index (κ2) is 12.8. The summed E-state index contributed by atoms with van der Waals surface area (Å²) >= 11 is 6.52. The van der Waals surface area contributed by atoms with Crippen LogP contribution < -0.4 is 5.32 Å². The fourth-order valence-corrected chi connectivity index (χ4v) is 5.21. The van der Waals surface area contributed by atoms with Crippen LogP contribution in [0.3, 0.4) is 0 Å². The van der Waals surface area contributed by atoms with Gasteiger partial charge in [0, 0.05) is 51.2 Å². The minimum Gasteiger partial charge on any atom is -0.377 e. The van der Waals surface area contributed by atoms with Crippen LogP contribution in [0.25, 0.3) is 0 Å². The summed E-state index contributed by atoms with van der Waals surface area (Å²) in [6.07, 6.45) is 2.17. The molecule has 0 unspecified atom stereocenters. The van der Waals surface area contributed by atoms with Crippen molar-refractivity contribution >= 4 is 11.6 Å².